The number of anilines is 1. The Kier molecular flexibility index (Phi) is 3.22. The van der Waals surface area contributed by atoms with Gasteiger partial charge in [0.2, 0.25) is 0 Å². The Bertz CT molecular complexity index is 792. The second-order valence-corrected chi connectivity index (χ2v) is 6.49. The molecule has 1 aliphatic heterocycles. The van der Waals surface area contributed by atoms with Crippen LogP contribution in [0.4, 0.5) is 5.69 Å². The lowest BCUT2D eigenvalue weighted by molar-refractivity contribution is 0.0696. The van der Waals surface area contributed by atoms with Gasteiger partial charge in [-0.15, -0.1) is 0 Å². The van der Waals surface area contributed by atoms with Crippen LogP contribution in [-0.4, -0.2) is 11.1 Å². The summed E-state index contributed by atoms with van der Waals surface area (Å²) in [4.78, 5) is 11.3. The van der Waals surface area contributed by atoms with Crippen molar-refractivity contribution in [3.05, 3.63) is 76.9 Å². The Labute approximate surface area is 135 Å². The first kappa shape index (κ1) is 14.1. The number of hydrogen-bond acceptors (Lipinski definition) is 2. The number of allylic oxidation sites excluding steroid dienone is 2. The predicted molar refractivity (Wildman–Crippen MR) is 90.9 cm³/mol. The van der Waals surface area contributed by atoms with Crippen LogP contribution in [0.3, 0.4) is 0 Å². The molecule has 3 nitrogen and oxygen atoms in total. The summed E-state index contributed by atoms with van der Waals surface area (Å²) in [5, 5.41) is 12.9. The SMILES string of the molecule is Cc1ccc([C@H]2Nc3ccc(C(=O)O)cc3[C@H]3C=CC[C@H]32)cc1. The van der Waals surface area contributed by atoms with Gasteiger partial charge in [-0.25, -0.2) is 4.79 Å². The van der Waals surface area contributed by atoms with Gasteiger partial charge < -0.3 is 10.4 Å². The molecular formula is C20H19NO2. The van der Waals surface area contributed by atoms with E-state index in [1.54, 1.807) is 6.07 Å². The van der Waals surface area contributed by atoms with E-state index >= 15 is 0 Å². The molecule has 0 amide bonds. The van der Waals surface area contributed by atoms with Gasteiger partial charge in [0, 0.05) is 11.6 Å². The highest BCUT2D eigenvalue weighted by Crippen LogP contribution is 2.49. The fourth-order valence-corrected chi connectivity index (χ4v) is 3.83. The molecule has 0 aromatic heterocycles. The molecule has 0 radical (unpaired) electrons. The molecule has 0 spiro atoms. The number of fused-ring (bicyclic) bond motifs is 3. The molecule has 2 aromatic carbocycles. The van der Waals surface area contributed by atoms with Gasteiger partial charge in [0.05, 0.1) is 11.6 Å². The Morgan fingerprint density at radius 1 is 1.17 bits per heavy atom. The van der Waals surface area contributed by atoms with Crippen LogP contribution in [0.1, 0.15) is 45.4 Å². The number of aromatic carboxylic acids is 1. The minimum atomic E-state index is -0.869. The lowest BCUT2D eigenvalue weighted by Gasteiger charge is -2.37. The van der Waals surface area contributed by atoms with Crippen LogP contribution < -0.4 is 5.32 Å². The minimum Gasteiger partial charge on any atom is -0.478 e. The van der Waals surface area contributed by atoms with Gasteiger partial charge in [0.15, 0.2) is 0 Å². The van der Waals surface area contributed by atoms with Crippen molar-refractivity contribution in [1.82, 2.24) is 0 Å². The van der Waals surface area contributed by atoms with E-state index in [0.717, 1.165) is 17.7 Å². The van der Waals surface area contributed by atoms with Gasteiger partial charge in [0.1, 0.15) is 0 Å². The number of nitrogens with one attached hydrogen (secondary N) is 1. The first-order valence-corrected chi connectivity index (χ1v) is 8.00. The highest BCUT2D eigenvalue weighted by Gasteiger charge is 2.38. The van der Waals surface area contributed by atoms with Crippen molar-refractivity contribution >= 4 is 11.7 Å². The average Bonchev–Trinajstić information content (AvgIpc) is 3.04. The summed E-state index contributed by atoms with van der Waals surface area (Å²) in [5.41, 5.74) is 5.07. The molecule has 4 rings (SSSR count). The summed E-state index contributed by atoms with van der Waals surface area (Å²) in [6, 6.07) is 14.4. The van der Waals surface area contributed by atoms with E-state index in [-0.39, 0.29) is 12.0 Å². The number of carboxylic acids is 1. The molecule has 116 valence electrons. The van der Waals surface area contributed by atoms with Gasteiger partial charge in [0.25, 0.3) is 0 Å². The van der Waals surface area contributed by atoms with Crippen LogP contribution >= 0.6 is 0 Å². The van der Waals surface area contributed by atoms with E-state index in [2.05, 4.69) is 48.7 Å². The van der Waals surface area contributed by atoms with E-state index in [9.17, 15) is 9.90 Å². The number of carboxylic acid groups (broad SMARTS) is 1. The molecule has 2 N–H and O–H groups in total. The third-order valence-electron chi connectivity index (χ3n) is 5.05. The molecule has 0 unspecified atom stereocenters. The summed E-state index contributed by atoms with van der Waals surface area (Å²) < 4.78 is 0. The Balaban J connectivity index is 1.77. The third kappa shape index (κ3) is 2.33. The van der Waals surface area contributed by atoms with Crippen LogP contribution in [0.15, 0.2) is 54.6 Å². The first-order valence-electron chi connectivity index (χ1n) is 8.00. The topological polar surface area (TPSA) is 49.3 Å². The largest absolute Gasteiger partial charge is 0.478 e. The highest BCUT2D eigenvalue weighted by atomic mass is 16.4. The molecule has 2 aromatic rings. The van der Waals surface area contributed by atoms with E-state index in [1.807, 2.05) is 12.1 Å². The number of hydrogen-bond donors (Lipinski definition) is 2. The monoisotopic (exact) mass is 305 g/mol. The van der Waals surface area contributed by atoms with Crippen LogP contribution in [0.2, 0.25) is 0 Å². The zero-order valence-electron chi connectivity index (χ0n) is 13.0. The summed E-state index contributed by atoms with van der Waals surface area (Å²) in [6.07, 6.45) is 5.48. The number of rotatable bonds is 2. The van der Waals surface area contributed by atoms with E-state index < -0.39 is 5.97 Å². The number of carbonyl (C=O) groups is 1. The molecule has 3 atom stereocenters. The number of aryl methyl sites for hydroxylation is 1. The predicted octanol–water partition coefficient (Wildman–Crippen LogP) is 4.52. The second kappa shape index (κ2) is 5.27. The lowest BCUT2D eigenvalue weighted by atomic mass is 9.76. The van der Waals surface area contributed by atoms with Gasteiger partial charge in [-0.3, -0.25) is 0 Å². The van der Waals surface area contributed by atoms with Gasteiger partial charge in [-0.05, 0) is 48.6 Å². The quantitative estimate of drug-likeness (QED) is 0.802. The Morgan fingerprint density at radius 2 is 1.96 bits per heavy atom. The summed E-state index contributed by atoms with van der Waals surface area (Å²) in [6.45, 7) is 2.10. The van der Waals surface area contributed by atoms with Gasteiger partial charge in [-0.2, -0.15) is 0 Å². The van der Waals surface area contributed by atoms with Crippen molar-refractivity contribution < 1.29 is 9.90 Å². The third-order valence-corrected chi connectivity index (χ3v) is 5.05. The fourth-order valence-electron chi connectivity index (χ4n) is 3.83. The van der Waals surface area contributed by atoms with Crippen LogP contribution in [-0.2, 0) is 0 Å². The molecule has 23 heavy (non-hydrogen) atoms. The maximum absolute atomic E-state index is 11.3. The van der Waals surface area contributed by atoms with E-state index in [1.165, 1.54) is 11.1 Å². The van der Waals surface area contributed by atoms with Gasteiger partial charge >= 0.3 is 5.97 Å². The smallest absolute Gasteiger partial charge is 0.335 e. The zero-order valence-corrected chi connectivity index (χ0v) is 13.0. The van der Waals surface area contributed by atoms with Crippen LogP contribution in [0.5, 0.6) is 0 Å². The summed E-state index contributed by atoms with van der Waals surface area (Å²) in [5.74, 6) is -0.141. The van der Waals surface area contributed by atoms with Crippen molar-refractivity contribution in [1.29, 1.82) is 0 Å². The molecule has 0 fully saturated rings. The van der Waals surface area contributed by atoms with Crippen molar-refractivity contribution in [3.63, 3.8) is 0 Å². The van der Waals surface area contributed by atoms with Crippen molar-refractivity contribution in [2.45, 2.75) is 25.3 Å². The minimum absolute atomic E-state index is 0.263. The van der Waals surface area contributed by atoms with Crippen LogP contribution in [0, 0.1) is 12.8 Å². The molecule has 2 aliphatic rings. The summed E-state index contributed by atoms with van der Waals surface area (Å²) >= 11 is 0. The van der Waals surface area contributed by atoms with E-state index in [0.29, 0.717) is 11.5 Å². The molecular weight excluding hydrogens is 286 g/mol. The molecule has 3 heteroatoms. The van der Waals surface area contributed by atoms with Crippen molar-refractivity contribution in [3.8, 4) is 0 Å². The number of benzene rings is 2. The van der Waals surface area contributed by atoms with Crippen molar-refractivity contribution in [2.24, 2.45) is 5.92 Å². The summed E-state index contributed by atoms with van der Waals surface area (Å²) in [7, 11) is 0. The van der Waals surface area contributed by atoms with Gasteiger partial charge in [-0.1, -0.05) is 42.0 Å². The van der Waals surface area contributed by atoms with Crippen molar-refractivity contribution in [2.75, 3.05) is 5.32 Å². The normalized spacial score (nSPS) is 24.7. The molecule has 0 saturated heterocycles. The first-order chi connectivity index (χ1) is 11.1. The molecule has 0 saturated carbocycles. The Morgan fingerprint density at radius 3 is 2.70 bits per heavy atom. The second-order valence-electron chi connectivity index (χ2n) is 6.49. The Hall–Kier alpha value is -2.55. The standard InChI is InChI=1S/C20H19NO2/c1-12-5-7-13(8-6-12)19-16-4-2-3-15(16)17-11-14(20(22)23)9-10-18(17)21-19/h2-3,5-11,15-16,19,21H,4H2,1H3,(H,22,23)/t15-,16+,19+/m0/s1. The lowest BCUT2D eigenvalue weighted by Crippen LogP contribution is -2.29. The fraction of sp³-hybridized carbons (Fsp3) is 0.250. The maximum Gasteiger partial charge on any atom is 0.335 e. The average molecular weight is 305 g/mol. The van der Waals surface area contributed by atoms with Crippen LogP contribution in [0.25, 0.3) is 0 Å². The molecule has 1 heterocycles. The van der Waals surface area contributed by atoms with E-state index in [4.69, 9.17) is 0 Å². The maximum atomic E-state index is 11.3. The molecule has 1 aliphatic carbocycles. The highest BCUT2D eigenvalue weighted by molar-refractivity contribution is 5.89. The molecule has 0 bridgehead atoms. The zero-order chi connectivity index (χ0) is 16.0.